The molecule has 2 N–H and O–H groups in total. The molecule has 0 aromatic heterocycles. The van der Waals surface area contributed by atoms with Crippen LogP contribution < -0.4 is 10.5 Å². The zero-order valence-corrected chi connectivity index (χ0v) is 20.2. The molecule has 1 unspecified atom stereocenters. The number of benzene rings is 3. The van der Waals surface area contributed by atoms with Gasteiger partial charge in [-0.05, 0) is 52.9 Å². The number of carbonyl (C=O) groups excluding carboxylic acids is 3. The van der Waals surface area contributed by atoms with Crippen LogP contribution in [0.4, 0.5) is 13.2 Å². The van der Waals surface area contributed by atoms with Gasteiger partial charge in [-0.2, -0.15) is 13.2 Å². The Morgan fingerprint density at radius 3 is 2.32 bits per heavy atom. The van der Waals surface area contributed by atoms with E-state index in [0.717, 1.165) is 12.1 Å². The van der Waals surface area contributed by atoms with Gasteiger partial charge < -0.3 is 15.4 Å². The summed E-state index contributed by atoms with van der Waals surface area (Å²) in [5.41, 5.74) is 6.46. The summed E-state index contributed by atoms with van der Waals surface area (Å²) < 4.78 is 45.7. The van der Waals surface area contributed by atoms with Crippen LogP contribution in [0.1, 0.15) is 46.9 Å². The topological polar surface area (TPSA) is 89.7 Å². The van der Waals surface area contributed by atoms with Crippen LogP contribution in [0.25, 0.3) is 11.1 Å². The highest BCUT2D eigenvalue weighted by atomic mass is 19.4. The molecule has 4 rings (SSSR count). The van der Waals surface area contributed by atoms with Gasteiger partial charge in [0.1, 0.15) is 11.8 Å². The maximum Gasteiger partial charge on any atom is 0.416 e. The average molecular weight is 511 g/mol. The fourth-order valence-electron chi connectivity index (χ4n) is 4.46. The Bertz CT molecular complexity index is 1350. The predicted molar refractivity (Wildman–Crippen MR) is 130 cm³/mol. The number of carbonyl (C=O) groups is 3. The molecule has 192 valence electrons. The van der Waals surface area contributed by atoms with Crippen LogP contribution in [-0.2, 0) is 22.2 Å². The summed E-state index contributed by atoms with van der Waals surface area (Å²) in [5, 5.41) is 0. The average Bonchev–Trinajstić information content (AvgIpc) is 2.86. The van der Waals surface area contributed by atoms with Gasteiger partial charge in [-0.3, -0.25) is 9.59 Å². The van der Waals surface area contributed by atoms with Crippen molar-refractivity contribution in [3.63, 3.8) is 0 Å². The van der Waals surface area contributed by atoms with Crippen LogP contribution >= 0.6 is 0 Å². The van der Waals surface area contributed by atoms with Gasteiger partial charge in [-0.1, -0.05) is 56.3 Å². The first-order chi connectivity index (χ1) is 17.5. The number of hydrogen-bond donors (Lipinski definition) is 1. The Balaban J connectivity index is 1.67. The van der Waals surface area contributed by atoms with Gasteiger partial charge >= 0.3 is 12.1 Å². The number of ether oxygens (including phenoxy) is 1. The number of primary amides is 1. The quantitative estimate of drug-likeness (QED) is 0.379. The minimum atomic E-state index is -4.64. The Labute approximate surface area is 211 Å². The highest BCUT2D eigenvalue weighted by Gasteiger charge is 2.36. The molecular weight excluding hydrogens is 485 g/mol. The summed E-state index contributed by atoms with van der Waals surface area (Å²) in [6, 6.07) is 15.1. The first-order valence-corrected chi connectivity index (χ1v) is 11.7. The summed E-state index contributed by atoms with van der Waals surface area (Å²) >= 11 is 0. The fraction of sp³-hybridized carbons (Fsp3) is 0.250. The van der Waals surface area contributed by atoms with Gasteiger partial charge in [-0.15, -0.1) is 0 Å². The summed E-state index contributed by atoms with van der Waals surface area (Å²) in [4.78, 5) is 39.4. The normalized spacial score (nSPS) is 15.3. The number of nitrogens with two attached hydrogens (primary N) is 1. The molecule has 6 nitrogen and oxygen atoms in total. The van der Waals surface area contributed by atoms with E-state index in [0.29, 0.717) is 28.7 Å². The molecule has 0 saturated heterocycles. The first-order valence-electron chi connectivity index (χ1n) is 11.7. The van der Waals surface area contributed by atoms with E-state index in [4.69, 9.17) is 10.5 Å². The van der Waals surface area contributed by atoms with Gasteiger partial charge in [0.15, 0.2) is 0 Å². The number of amides is 2. The second kappa shape index (κ2) is 10.1. The molecule has 1 atom stereocenters. The maximum atomic E-state index is 13.4. The van der Waals surface area contributed by atoms with Crippen molar-refractivity contribution in [2.75, 3.05) is 6.54 Å². The lowest BCUT2D eigenvalue weighted by molar-refractivity contribution is -0.142. The molecule has 37 heavy (non-hydrogen) atoms. The Kier molecular flexibility index (Phi) is 7.07. The largest absolute Gasteiger partial charge is 0.423 e. The second-order valence-electron chi connectivity index (χ2n) is 9.12. The molecule has 1 aliphatic heterocycles. The Hall–Kier alpha value is -4.14. The molecule has 0 bridgehead atoms. The van der Waals surface area contributed by atoms with Crippen molar-refractivity contribution < 1.29 is 32.3 Å². The highest BCUT2D eigenvalue weighted by Crippen LogP contribution is 2.36. The van der Waals surface area contributed by atoms with Crippen molar-refractivity contribution in [3.05, 3.63) is 89.0 Å². The molecule has 1 aliphatic rings. The smallest absolute Gasteiger partial charge is 0.416 e. The summed E-state index contributed by atoms with van der Waals surface area (Å²) in [5.74, 6) is -2.06. The van der Waals surface area contributed by atoms with E-state index >= 15 is 0 Å². The minimum absolute atomic E-state index is 0.104. The molecule has 3 aromatic carbocycles. The van der Waals surface area contributed by atoms with E-state index in [1.165, 1.54) is 17.0 Å². The lowest BCUT2D eigenvalue weighted by Gasteiger charge is -2.36. The number of esters is 1. The van der Waals surface area contributed by atoms with Gasteiger partial charge in [0.05, 0.1) is 11.1 Å². The van der Waals surface area contributed by atoms with Gasteiger partial charge in [0.2, 0.25) is 11.8 Å². The number of alkyl halides is 3. The zero-order valence-electron chi connectivity index (χ0n) is 20.2. The van der Waals surface area contributed by atoms with Crippen LogP contribution in [0, 0.1) is 5.92 Å². The van der Waals surface area contributed by atoms with Gasteiger partial charge in [-0.25, -0.2) is 4.79 Å². The molecule has 1 heterocycles. The van der Waals surface area contributed by atoms with E-state index < -0.39 is 29.7 Å². The summed E-state index contributed by atoms with van der Waals surface area (Å²) in [6.07, 6.45) is -4.25. The van der Waals surface area contributed by atoms with E-state index in [1.54, 1.807) is 56.3 Å². The van der Waals surface area contributed by atoms with Crippen LogP contribution in [0.3, 0.4) is 0 Å². The SMILES string of the molecule is CC(C)C(=O)N1CCc2cc(OC(=O)c3cc(C(F)(F)F)ccc3-c3ccccc3)ccc2C1C(N)=O. The van der Waals surface area contributed by atoms with E-state index in [9.17, 15) is 27.6 Å². The van der Waals surface area contributed by atoms with Crippen molar-refractivity contribution >= 4 is 17.8 Å². The number of halogens is 3. The number of hydrogen-bond acceptors (Lipinski definition) is 4. The van der Waals surface area contributed by atoms with Crippen LogP contribution in [0.15, 0.2) is 66.7 Å². The van der Waals surface area contributed by atoms with E-state index in [2.05, 4.69) is 0 Å². The van der Waals surface area contributed by atoms with Crippen molar-refractivity contribution in [1.29, 1.82) is 0 Å². The van der Waals surface area contributed by atoms with Crippen molar-refractivity contribution in [2.24, 2.45) is 11.7 Å². The number of fused-ring (bicyclic) bond motifs is 1. The third-order valence-corrected chi connectivity index (χ3v) is 6.25. The Morgan fingerprint density at radius 2 is 1.70 bits per heavy atom. The molecule has 0 radical (unpaired) electrons. The standard InChI is InChI=1S/C28H25F3N2O4/c1-16(2)26(35)33-13-12-18-14-20(9-11-22(18)24(33)25(32)34)37-27(36)23-15-19(28(29,30)31)8-10-21(23)17-6-4-3-5-7-17/h3-11,14-16,24H,12-13H2,1-2H3,(H2,32,34). The molecule has 0 spiro atoms. The lowest BCUT2D eigenvalue weighted by atomic mass is 9.91. The first kappa shape index (κ1) is 25.9. The maximum absolute atomic E-state index is 13.4. The van der Waals surface area contributed by atoms with Crippen LogP contribution in [0.5, 0.6) is 5.75 Å². The van der Waals surface area contributed by atoms with Gasteiger partial charge in [0.25, 0.3) is 0 Å². The van der Waals surface area contributed by atoms with Crippen molar-refractivity contribution in [2.45, 2.75) is 32.5 Å². The van der Waals surface area contributed by atoms with Crippen LogP contribution in [0.2, 0.25) is 0 Å². The fourth-order valence-corrected chi connectivity index (χ4v) is 4.46. The monoisotopic (exact) mass is 510 g/mol. The molecule has 0 aliphatic carbocycles. The van der Waals surface area contributed by atoms with E-state index in [1.807, 2.05) is 0 Å². The molecule has 0 saturated carbocycles. The summed E-state index contributed by atoms with van der Waals surface area (Å²) in [6.45, 7) is 3.71. The van der Waals surface area contributed by atoms with Crippen molar-refractivity contribution in [1.82, 2.24) is 4.90 Å². The molecular formula is C28H25F3N2O4. The summed E-state index contributed by atoms with van der Waals surface area (Å²) in [7, 11) is 0. The molecule has 3 aromatic rings. The second-order valence-corrected chi connectivity index (χ2v) is 9.12. The Morgan fingerprint density at radius 1 is 1.00 bits per heavy atom. The number of rotatable bonds is 5. The lowest BCUT2D eigenvalue weighted by Crippen LogP contribution is -2.47. The highest BCUT2D eigenvalue weighted by molar-refractivity contribution is 5.99. The van der Waals surface area contributed by atoms with Crippen molar-refractivity contribution in [3.8, 4) is 16.9 Å². The van der Waals surface area contributed by atoms with Crippen LogP contribution in [-0.4, -0.2) is 29.2 Å². The zero-order chi connectivity index (χ0) is 26.9. The van der Waals surface area contributed by atoms with Gasteiger partial charge in [0, 0.05) is 12.5 Å². The predicted octanol–water partition coefficient (Wildman–Crippen LogP) is 5.16. The molecule has 2 amide bonds. The van der Waals surface area contributed by atoms with E-state index in [-0.39, 0.29) is 29.7 Å². The minimum Gasteiger partial charge on any atom is -0.423 e. The molecule has 9 heteroatoms. The third-order valence-electron chi connectivity index (χ3n) is 6.25. The third kappa shape index (κ3) is 5.35. The molecule has 0 fully saturated rings. The number of nitrogens with zero attached hydrogens (tertiary/aromatic N) is 1.